The number of anilines is 1. The standard InChI is InChI=1S/C22H26F3N7O2/c23-22(24,25)17-9-14(2-1-13(17)10-30-11-15-16(12-30)19(15)26)32-6-3-18(29-21(32)34)28-20(33)31-7-4-27-5-8-31/h1-3,6,9,15-16,19,27H,4-5,7-8,10-12,26H2,(H,28,29,33,34)/t15-,16?,19?/m1/s1. The smallest absolute Gasteiger partial charge is 0.327 e. The summed E-state index contributed by atoms with van der Waals surface area (Å²) in [5.41, 5.74) is 4.58. The van der Waals surface area contributed by atoms with Crippen molar-refractivity contribution in [1.29, 1.82) is 0 Å². The Kier molecular flexibility index (Phi) is 5.82. The van der Waals surface area contributed by atoms with E-state index < -0.39 is 17.4 Å². The van der Waals surface area contributed by atoms with Gasteiger partial charge in [0.2, 0.25) is 0 Å². The second kappa shape index (κ2) is 8.67. The van der Waals surface area contributed by atoms with Crippen molar-refractivity contribution in [3.63, 3.8) is 0 Å². The second-order valence-electron chi connectivity index (χ2n) is 9.07. The first-order chi connectivity index (χ1) is 16.2. The number of piperidine rings is 1. The van der Waals surface area contributed by atoms with Gasteiger partial charge < -0.3 is 16.0 Å². The maximum Gasteiger partial charge on any atom is 0.416 e. The number of aromatic nitrogens is 2. The lowest BCUT2D eigenvalue weighted by molar-refractivity contribution is -0.138. The molecule has 5 rings (SSSR count). The van der Waals surface area contributed by atoms with Crippen LogP contribution in [0.3, 0.4) is 0 Å². The first kappa shape index (κ1) is 22.8. The molecule has 3 heterocycles. The first-order valence-corrected chi connectivity index (χ1v) is 11.3. The van der Waals surface area contributed by atoms with Crippen LogP contribution in [0, 0.1) is 11.8 Å². The van der Waals surface area contributed by atoms with E-state index in [0.29, 0.717) is 51.1 Å². The molecule has 1 aliphatic carbocycles. The summed E-state index contributed by atoms with van der Waals surface area (Å²) in [6, 6.07) is 5.05. The van der Waals surface area contributed by atoms with Crippen LogP contribution >= 0.6 is 0 Å². The van der Waals surface area contributed by atoms with Crippen molar-refractivity contribution < 1.29 is 18.0 Å². The number of carbonyl (C=O) groups is 1. The molecule has 0 radical (unpaired) electrons. The number of nitrogens with two attached hydrogens (primary N) is 1. The fourth-order valence-electron chi connectivity index (χ4n) is 4.87. The number of urea groups is 1. The average Bonchev–Trinajstić information content (AvgIpc) is 3.19. The first-order valence-electron chi connectivity index (χ1n) is 11.3. The highest BCUT2D eigenvalue weighted by Crippen LogP contribution is 2.44. The van der Waals surface area contributed by atoms with E-state index in [9.17, 15) is 22.8 Å². The largest absolute Gasteiger partial charge is 0.416 e. The summed E-state index contributed by atoms with van der Waals surface area (Å²) in [5, 5.41) is 5.70. The van der Waals surface area contributed by atoms with Crippen molar-refractivity contribution >= 4 is 11.8 Å². The molecule has 3 fully saturated rings. The molecule has 3 atom stereocenters. The minimum atomic E-state index is -4.57. The van der Waals surface area contributed by atoms with Crippen molar-refractivity contribution in [3.8, 4) is 5.69 Å². The molecule has 1 aromatic carbocycles. The highest BCUT2D eigenvalue weighted by Gasteiger charge is 2.53. The Morgan fingerprint density at radius 3 is 2.53 bits per heavy atom. The maximum absolute atomic E-state index is 13.9. The van der Waals surface area contributed by atoms with Gasteiger partial charge in [0.15, 0.2) is 0 Å². The van der Waals surface area contributed by atoms with Gasteiger partial charge in [-0.15, -0.1) is 0 Å². The number of benzene rings is 1. The molecule has 0 bridgehead atoms. The van der Waals surface area contributed by atoms with Crippen molar-refractivity contribution in [3.05, 3.63) is 52.1 Å². The fourth-order valence-corrected chi connectivity index (χ4v) is 4.87. The van der Waals surface area contributed by atoms with Gasteiger partial charge in [0, 0.05) is 58.1 Å². The number of hydrogen-bond donors (Lipinski definition) is 3. The molecule has 1 aromatic heterocycles. The van der Waals surface area contributed by atoms with E-state index in [1.807, 2.05) is 4.90 Å². The molecular formula is C22H26F3N7O2. The Bertz CT molecular complexity index is 1130. The number of alkyl halides is 3. The van der Waals surface area contributed by atoms with E-state index >= 15 is 0 Å². The van der Waals surface area contributed by atoms with Gasteiger partial charge in [-0.3, -0.25) is 14.8 Å². The number of piperazine rings is 1. The third-order valence-corrected chi connectivity index (χ3v) is 6.85. The van der Waals surface area contributed by atoms with Gasteiger partial charge in [-0.1, -0.05) is 6.07 Å². The molecule has 2 unspecified atom stereocenters. The molecule has 2 amide bonds. The quantitative estimate of drug-likeness (QED) is 0.608. The van der Waals surface area contributed by atoms with Crippen LogP contribution in [-0.4, -0.2) is 70.7 Å². The van der Waals surface area contributed by atoms with Crippen LogP contribution in [0.4, 0.5) is 23.8 Å². The molecule has 12 heteroatoms. The summed E-state index contributed by atoms with van der Waals surface area (Å²) < 4.78 is 42.6. The molecule has 1 saturated carbocycles. The van der Waals surface area contributed by atoms with Crippen molar-refractivity contribution in [2.24, 2.45) is 17.6 Å². The van der Waals surface area contributed by atoms with Crippen molar-refractivity contribution in [2.75, 3.05) is 44.6 Å². The minimum absolute atomic E-state index is 0.0447. The van der Waals surface area contributed by atoms with Gasteiger partial charge in [-0.25, -0.2) is 9.59 Å². The second-order valence-corrected chi connectivity index (χ2v) is 9.07. The molecule has 2 aromatic rings. The van der Waals surface area contributed by atoms with Gasteiger partial charge >= 0.3 is 17.9 Å². The molecule has 4 N–H and O–H groups in total. The Hall–Kier alpha value is -2.96. The molecule has 2 aliphatic heterocycles. The summed E-state index contributed by atoms with van der Waals surface area (Å²) in [5.74, 6) is 0.802. The minimum Gasteiger partial charge on any atom is -0.327 e. The van der Waals surface area contributed by atoms with Crippen LogP contribution in [0.1, 0.15) is 11.1 Å². The fraction of sp³-hybridized carbons (Fsp3) is 0.500. The molecular weight excluding hydrogens is 451 g/mol. The van der Waals surface area contributed by atoms with Crippen molar-refractivity contribution in [2.45, 2.75) is 18.8 Å². The molecule has 0 spiro atoms. The predicted octanol–water partition coefficient (Wildman–Crippen LogP) is 1.08. The van der Waals surface area contributed by atoms with Crippen molar-refractivity contribution in [1.82, 2.24) is 24.7 Å². The summed E-state index contributed by atoms with van der Waals surface area (Å²) in [6.45, 7) is 3.99. The highest BCUT2D eigenvalue weighted by atomic mass is 19.4. The zero-order valence-electron chi connectivity index (χ0n) is 18.4. The number of hydrogen-bond acceptors (Lipinski definition) is 6. The van der Waals surface area contributed by atoms with Crippen LogP contribution in [-0.2, 0) is 12.7 Å². The number of likely N-dealkylation sites (tertiary alicyclic amines) is 1. The lowest BCUT2D eigenvalue weighted by Gasteiger charge is -2.27. The Morgan fingerprint density at radius 1 is 1.18 bits per heavy atom. The summed E-state index contributed by atoms with van der Waals surface area (Å²) in [6.07, 6.45) is -3.26. The number of rotatable bonds is 4. The zero-order valence-corrected chi connectivity index (χ0v) is 18.4. The van der Waals surface area contributed by atoms with E-state index in [2.05, 4.69) is 15.6 Å². The topological polar surface area (TPSA) is 109 Å². The number of carbonyl (C=O) groups excluding carboxylic acids is 1. The van der Waals surface area contributed by atoms with Gasteiger partial charge in [0.25, 0.3) is 0 Å². The molecule has 34 heavy (non-hydrogen) atoms. The third kappa shape index (κ3) is 4.52. The number of amides is 2. The third-order valence-electron chi connectivity index (χ3n) is 6.85. The number of nitrogens with zero attached hydrogens (tertiary/aromatic N) is 4. The van der Waals surface area contributed by atoms with Gasteiger partial charge in [-0.05, 0) is 35.6 Å². The Labute approximate surface area is 193 Å². The summed E-state index contributed by atoms with van der Waals surface area (Å²) in [7, 11) is 0. The molecule has 3 aliphatic rings. The monoisotopic (exact) mass is 477 g/mol. The van der Waals surface area contributed by atoms with Crippen LogP contribution in [0.5, 0.6) is 0 Å². The SMILES string of the molecule is NC1C2CN(Cc3ccc(-n4ccc(NC(=O)N5CCNCC5)nc4=O)cc3C(F)(F)F)C[C@@H]12. The predicted molar refractivity (Wildman–Crippen MR) is 119 cm³/mol. The van der Waals surface area contributed by atoms with E-state index in [0.717, 1.165) is 10.6 Å². The number of nitrogens with one attached hydrogen (secondary N) is 2. The van der Waals surface area contributed by atoms with E-state index in [-0.39, 0.29) is 35.7 Å². The molecule has 9 nitrogen and oxygen atoms in total. The van der Waals surface area contributed by atoms with Gasteiger partial charge in [0.1, 0.15) is 5.82 Å². The molecule has 182 valence electrons. The lowest BCUT2D eigenvalue weighted by Crippen LogP contribution is -2.48. The van der Waals surface area contributed by atoms with Gasteiger partial charge in [0.05, 0.1) is 11.3 Å². The highest BCUT2D eigenvalue weighted by molar-refractivity contribution is 5.88. The number of fused-ring (bicyclic) bond motifs is 1. The van der Waals surface area contributed by atoms with Crippen LogP contribution in [0.2, 0.25) is 0 Å². The van der Waals surface area contributed by atoms with Crippen LogP contribution in [0.15, 0.2) is 35.3 Å². The maximum atomic E-state index is 13.9. The van der Waals surface area contributed by atoms with E-state index in [1.165, 1.54) is 24.4 Å². The van der Waals surface area contributed by atoms with Crippen LogP contribution in [0.25, 0.3) is 5.69 Å². The van der Waals surface area contributed by atoms with Crippen LogP contribution < -0.4 is 22.1 Å². The van der Waals surface area contributed by atoms with E-state index in [4.69, 9.17) is 5.73 Å². The lowest BCUT2D eigenvalue weighted by atomic mass is 10.0. The Morgan fingerprint density at radius 2 is 1.88 bits per heavy atom. The average molecular weight is 477 g/mol. The zero-order chi connectivity index (χ0) is 24.0. The van der Waals surface area contributed by atoms with E-state index in [1.54, 1.807) is 4.90 Å². The summed E-state index contributed by atoms with van der Waals surface area (Å²) in [4.78, 5) is 32.3. The Balaban J connectivity index is 1.34. The van der Waals surface area contributed by atoms with Gasteiger partial charge in [-0.2, -0.15) is 18.2 Å². The number of halogens is 3. The normalized spacial score (nSPS) is 24.7. The summed E-state index contributed by atoms with van der Waals surface area (Å²) >= 11 is 0. The molecule has 2 saturated heterocycles.